The van der Waals surface area contributed by atoms with Gasteiger partial charge in [0.1, 0.15) is 5.82 Å². The average Bonchev–Trinajstić information content (AvgIpc) is 2.39. The predicted octanol–water partition coefficient (Wildman–Crippen LogP) is 4.45. The number of ether oxygens (including phenoxy) is 1. The predicted molar refractivity (Wildman–Crippen MR) is 79.4 cm³/mol. The molecule has 106 valence electrons. The molecule has 0 aromatic heterocycles. The minimum atomic E-state index is -0.553. The fraction of sp³-hybridized carbons (Fsp3) is 0.143. The summed E-state index contributed by atoms with van der Waals surface area (Å²) >= 11 is 3.24. The molecule has 0 saturated heterocycles. The first-order valence-electron chi connectivity index (χ1n) is 5.95. The van der Waals surface area contributed by atoms with Gasteiger partial charge in [-0.3, -0.25) is 0 Å². The van der Waals surface area contributed by atoms with E-state index in [-0.39, 0.29) is 17.1 Å². The summed E-state index contributed by atoms with van der Waals surface area (Å²) in [5.74, 6) is -0.930. The Hall–Kier alpha value is -1.82. The summed E-state index contributed by atoms with van der Waals surface area (Å²) < 4.78 is 33.1. The molecule has 3 nitrogen and oxygen atoms in total. The number of anilines is 3. The van der Waals surface area contributed by atoms with Crippen LogP contribution in [0.25, 0.3) is 0 Å². The van der Waals surface area contributed by atoms with E-state index in [9.17, 15) is 8.78 Å². The maximum absolute atomic E-state index is 13.8. The summed E-state index contributed by atoms with van der Waals surface area (Å²) in [5.41, 5.74) is 6.51. The number of halogens is 3. The number of rotatable bonds is 4. The second kappa shape index (κ2) is 6.09. The number of hydrogen-bond acceptors (Lipinski definition) is 3. The maximum atomic E-state index is 13.8. The van der Waals surface area contributed by atoms with Crippen molar-refractivity contribution in [2.45, 2.75) is 6.92 Å². The van der Waals surface area contributed by atoms with E-state index in [2.05, 4.69) is 21.2 Å². The number of para-hydroxylation sites is 1. The first kappa shape index (κ1) is 14.6. The highest BCUT2D eigenvalue weighted by Crippen LogP contribution is 2.34. The van der Waals surface area contributed by atoms with Gasteiger partial charge in [0.25, 0.3) is 0 Å². The van der Waals surface area contributed by atoms with Crippen molar-refractivity contribution in [2.75, 3.05) is 17.7 Å². The average molecular weight is 343 g/mol. The SMILES string of the molecule is CCOc1cc(Nc2c(F)cccc2Br)c(N)cc1F. The molecule has 20 heavy (non-hydrogen) atoms. The zero-order valence-electron chi connectivity index (χ0n) is 10.7. The molecule has 0 bridgehead atoms. The van der Waals surface area contributed by atoms with Gasteiger partial charge in [0.2, 0.25) is 0 Å². The molecule has 0 aliphatic carbocycles. The number of hydrogen-bond donors (Lipinski definition) is 2. The molecule has 0 fully saturated rings. The fourth-order valence-electron chi connectivity index (χ4n) is 1.70. The van der Waals surface area contributed by atoms with Crippen LogP contribution in [-0.4, -0.2) is 6.61 Å². The van der Waals surface area contributed by atoms with Gasteiger partial charge in [0.05, 0.1) is 23.7 Å². The highest BCUT2D eigenvalue weighted by molar-refractivity contribution is 9.10. The number of nitrogens with two attached hydrogens (primary N) is 1. The lowest BCUT2D eigenvalue weighted by Crippen LogP contribution is -2.02. The number of benzene rings is 2. The van der Waals surface area contributed by atoms with Crippen LogP contribution in [0.1, 0.15) is 6.92 Å². The van der Waals surface area contributed by atoms with Crippen LogP contribution in [0.2, 0.25) is 0 Å². The highest BCUT2D eigenvalue weighted by atomic mass is 79.9. The van der Waals surface area contributed by atoms with E-state index in [1.807, 2.05) is 0 Å². The molecule has 3 N–H and O–H groups in total. The molecular formula is C14H13BrF2N2O. The lowest BCUT2D eigenvalue weighted by Gasteiger charge is -2.14. The molecule has 0 heterocycles. The van der Waals surface area contributed by atoms with E-state index < -0.39 is 11.6 Å². The molecule has 2 aromatic rings. The standard InChI is InChI=1S/C14H13BrF2N2O/c1-2-20-13-7-12(11(18)6-10(13)17)19-14-8(15)4-3-5-9(14)16/h3-7,19H,2,18H2,1H3. The lowest BCUT2D eigenvalue weighted by atomic mass is 10.2. The molecule has 2 rings (SSSR count). The van der Waals surface area contributed by atoms with Crippen molar-refractivity contribution in [3.63, 3.8) is 0 Å². The summed E-state index contributed by atoms with van der Waals surface area (Å²) in [6.07, 6.45) is 0. The Morgan fingerprint density at radius 3 is 2.65 bits per heavy atom. The largest absolute Gasteiger partial charge is 0.491 e. The van der Waals surface area contributed by atoms with Gasteiger partial charge in [0, 0.05) is 16.6 Å². The Labute approximate surface area is 123 Å². The third-order valence-corrected chi connectivity index (χ3v) is 3.29. The van der Waals surface area contributed by atoms with Gasteiger partial charge >= 0.3 is 0 Å². The molecular weight excluding hydrogens is 330 g/mol. The summed E-state index contributed by atoms with van der Waals surface area (Å²) in [7, 11) is 0. The first-order valence-corrected chi connectivity index (χ1v) is 6.75. The monoisotopic (exact) mass is 342 g/mol. The van der Waals surface area contributed by atoms with Crippen LogP contribution in [0.15, 0.2) is 34.8 Å². The van der Waals surface area contributed by atoms with Crippen molar-refractivity contribution in [3.8, 4) is 5.75 Å². The molecule has 0 unspecified atom stereocenters. The van der Waals surface area contributed by atoms with Gasteiger partial charge in [-0.15, -0.1) is 0 Å². The zero-order valence-corrected chi connectivity index (χ0v) is 12.3. The van der Waals surface area contributed by atoms with Gasteiger partial charge in [-0.1, -0.05) is 6.07 Å². The minimum absolute atomic E-state index is 0.0664. The van der Waals surface area contributed by atoms with Gasteiger partial charge in [-0.25, -0.2) is 8.78 Å². The first-order chi connectivity index (χ1) is 9.52. The van der Waals surface area contributed by atoms with Crippen molar-refractivity contribution in [1.29, 1.82) is 0 Å². The fourth-order valence-corrected chi connectivity index (χ4v) is 2.14. The second-order valence-corrected chi connectivity index (χ2v) is 4.88. The molecule has 0 atom stereocenters. The molecule has 0 saturated carbocycles. The van der Waals surface area contributed by atoms with Gasteiger partial charge in [-0.2, -0.15) is 0 Å². The van der Waals surface area contributed by atoms with Crippen LogP contribution in [0, 0.1) is 11.6 Å². The maximum Gasteiger partial charge on any atom is 0.167 e. The Bertz CT molecular complexity index is 615. The summed E-state index contributed by atoms with van der Waals surface area (Å²) in [4.78, 5) is 0. The number of nitrogen functional groups attached to an aromatic ring is 1. The molecule has 0 amide bonds. The van der Waals surface area contributed by atoms with Crippen LogP contribution in [0.5, 0.6) is 5.75 Å². The molecule has 2 aromatic carbocycles. The van der Waals surface area contributed by atoms with E-state index in [1.165, 1.54) is 12.1 Å². The molecule has 0 aliphatic rings. The Kier molecular flexibility index (Phi) is 4.44. The topological polar surface area (TPSA) is 47.3 Å². The van der Waals surface area contributed by atoms with Crippen molar-refractivity contribution >= 4 is 33.0 Å². The normalized spacial score (nSPS) is 10.4. The van der Waals surface area contributed by atoms with Crippen LogP contribution >= 0.6 is 15.9 Å². The zero-order chi connectivity index (χ0) is 14.7. The van der Waals surface area contributed by atoms with E-state index in [4.69, 9.17) is 10.5 Å². The minimum Gasteiger partial charge on any atom is -0.491 e. The molecule has 0 spiro atoms. The van der Waals surface area contributed by atoms with E-state index in [1.54, 1.807) is 19.1 Å². The van der Waals surface area contributed by atoms with Crippen molar-refractivity contribution in [3.05, 3.63) is 46.4 Å². The van der Waals surface area contributed by atoms with Crippen molar-refractivity contribution in [1.82, 2.24) is 0 Å². The third-order valence-electron chi connectivity index (χ3n) is 2.63. The van der Waals surface area contributed by atoms with Gasteiger partial charge in [0.15, 0.2) is 11.6 Å². The second-order valence-electron chi connectivity index (χ2n) is 4.02. The summed E-state index contributed by atoms with van der Waals surface area (Å²) in [6.45, 7) is 2.07. The smallest absolute Gasteiger partial charge is 0.167 e. The van der Waals surface area contributed by atoms with Gasteiger partial charge in [-0.05, 0) is 35.0 Å². The summed E-state index contributed by atoms with van der Waals surface area (Å²) in [5, 5.41) is 2.84. The number of nitrogens with one attached hydrogen (secondary N) is 1. The van der Waals surface area contributed by atoms with Crippen LogP contribution in [0.4, 0.5) is 25.8 Å². The quantitative estimate of drug-likeness (QED) is 0.807. The third kappa shape index (κ3) is 3.01. The molecule has 0 aliphatic heterocycles. The van der Waals surface area contributed by atoms with Crippen LogP contribution < -0.4 is 15.8 Å². The van der Waals surface area contributed by atoms with Crippen LogP contribution in [0.3, 0.4) is 0 Å². The van der Waals surface area contributed by atoms with E-state index in [0.717, 1.165) is 6.07 Å². The molecule has 0 radical (unpaired) electrons. The van der Waals surface area contributed by atoms with Crippen LogP contribution in [-0.2, 0) is 0 Å². The lowest BCUT2D eigenvalue weighted by molar-refractivity contribution is 0.322. The highest BCUT2D eigenvalue weighted by Gasteiger charge is 2.12. The summed E-state index contributed by atoms with van der Waals surface area (Å²) in [6, 6.07) is 7.13. The van der Waals surface area contributed by atoms with Crippen molar-refractivity contribution in [2.24, 2.45) is 0 Å². The van der Waals surface area contributed by atoms with Gasteiger partial charge < -0.3 is 15.8 Å². The Morgan fingerprint density at radius 1 is 1.25 bits per heavy atom. The molecule has 6 heteroatoms. The van der Waals surface area contributed by atoms with E-state index in [0.29, 0.717) is 16.8 Å². The van der Waals surface area contributed by atoms with E-state index >= 15 is 0 Å². The van der Waals surface area contributed by atoms with Crippen molar-refractivity contribution < 1.29 is 13.5 Å². The Morgan fingerprint density at radius 2 is 2.00 bits per heavy atom. The Balaban J connectivity index is 2.40.